The van der Waals surface area contributed by atoms with E-state index in [1.165, 1.54) is 0 Å². The lowest BCUT2D eigenvalue weighted by Gasteiger charge is -2.38. The van der Waals surface area contributed by atoms with Gasteiger partial charge in [-0.3, -0.25) is 0 Å². The first kappa shape index (κ1) is 16.2. The number of nitrogens with zero attached hydrogens (tertiary/aromatic N) is 2. The zero-order valence-corrected chi connectivity index (χ0v) is 13.3. The molecule has 0 amide bonds. The highest BCUT2D eigenvalue weighted by Crippen LogP contribution is 2.27. The molecule has 20 heavy (non-hydrogen) atoms. The van der Waals surface area contributed by atoms with Crippen LogP contribution in [0.25, 0.3) is 0 Å². The van der Waals surface area contributed by atoms with E-state index >= 15 is 0 Å². The van der Waals surface area contributed by atoms with Crippen LogP contribution < -0.4 is 0 Å². The van der Waals surface area contributed by atoms with Crippen molar-refractivity contribution < 1.29 is 13.5 Å². The molecule has 2 atom stereocenters. The first-order chi connectivity index (χ1) is 9.51. The van der Waals surface area contributed by atoms with Gasteiger partial charge in [0.15, 0.2) is 0 Å². The lowest BCUT2D eigenvalue weighted by molar-refractivity contribution is 0.128. The van der Waals surface area contributed by atoms with Crippen LogP contribution in [0.4, 0.5) is 0 Å². The Bertz CT molecular complexity index is 389. The quantitative estimate of drug-likeness (QED) is 0.860. The molecular formula is C14H28N2O3S. The van der Waals surface area contributed by atoms with Gasteiger partial charge in [0, 0.05) is 25.7 Å². The van der Waals surface area contributed by atoms with Crippen molar-refractivity contribution in [1.29, 1.82) is 0 Å². The minimum Gasteiger partial charge on any atom is -0.393 e. The van der Waals surface area contributed by atoms with E-state index in [1.807, 2.05) is 0 Å². The maximum atomic E-state index is 12.9. The van der Waals surface area contributed by atoms with Gasteiger partial charge in [-0.1, -0.05) is 19.3 Å². The second-order valence-corrected chi connectivity index (χ2v) is 8.05. The number of hydrogen-bond acceptors (Lipinski definition) is 3. The van der Waals surface area contributed by atoms with E-state index in [2.05, 4.69) is 0 Å². The SMILES string of the molecule is CC(O)CC1CCCCN1S(=O)(=O)N1CCCCCC1. The Labute approximate surface area is 123 Å². The molecule has 2 rings (SSSR count). The Morgan fingerprint density at radius 2 is 1.65 bits per heavy atom. The third-order valence-corrected chi connectivity index (χ3v) is 6.47. The van der Waals surface area contributed by atoms with Gasteiger partial charge in [0.2, 0.25) is 0 Å². The summed E-state index contributed by atoms with van der Waals surface area (Å²) in [6, 6.07) is -0.0306. The Morgan fingerprint density at radius 1 is 1.05 bits per heavy atom. The van der Waals surface area contributed by atoms with E-state index in [-0.39, 0.29) is 6.04 Å². The molecule has 0 spiro atoms. The largest absolute Gasteiger partial charge is 0.393 e. The van der Waals surface area contributed by atoms with Crippen LogP contribution in [0.3, 0.4) is 0 Å². The number of piperidine rings is 1. The van der Waals surface area contributed by atoms with E-state index in [4.69, 9.17) is 0 Å². The molecule has 0 saturated carbocycles. The Kier molecular flexibility index (Phi) is 5.84. The summed E-state index contributed by atoms with van der Waals surface area (Å²) in [5, 5.41) is 9.61. The summed E-state index contributed by atoms with van der Waals surface area (Å²) in [6.45, 7) is 3.65. The molecule has 0 radical (unpaired) electrons. The van der Waals surface area contributed by atoms with Crippen molar-refractivity contribution in [3.05, 3.63) is 0 Å². The van der Waals surface area contributed by atoms with Crippen molar-refractivity contribution in [2.45, 2.75) is 70.4 Å². The molecule has 2 heterocycles. The summed E-state index contributed by atoms with van der Waals surface area (Å²) in [4.78, 5) is 0. The summed E-state index contributed by atoms with van der Waals surface area (Å²) < 4.78 is 29.0. The Hall–Kier alpha value is -0.170. The molecule has 2 fully saturated rings. The zero-order valence-electron chi connectivity index (χ0n) is 12.5. The van der Waals surface area contributed by atoms with Crippen LogP contribution in [-0.2, 0) is 10.2 Å². The van der Waals surface area contributed by atoms with Crippen LogP contribution in [0.2, 0.25) is 0 Å². The number of aliphatic hydroxyl groups excluding tert-OH is 1. The number of aliphatic hydroxyl groups is 1. The molecule has 0 bridgehead atoms. The fourth-order valence-electron chi connectivity index (χ4n) is 3.33. The maximum absolute atomic E-state index is 12.9. The average molecular weight is 304 g/mol. The molecule has 1 N–H and O–H groups in total. The molecule has 2 saturated heterocycles. The van der Waals surface area contributed by atoms with Gasteiger partial charge >= 0.3 is 0 Å². The lowest BCUT2D eigenvalue weighted by atomic mass is 10.00. The molecule has 0 aromatic heterocycles. The second kappa shape index (κ2) is 7.20. The van der Waals surface area contributed by atoms with Crippen LogP contribution in [-0.4, -0.2) is 53.9 Å². The molecule has 0 aliphatic carbocycles. The first-order valence-corrected chi connectivity index (χ1v) is 9.36. The standard InChI is InChI=1S/C14H28N2O3S/c1-13(17)12-14-8-4-7-11-16(14)20(18,19)15-9-5-2-3-6-10-15/h13-14,17H,2-12H2,1H3. The van der Waals surface area contributed by atoms with E-state index in [9.17, 15) is 13.5 Å². The van der Waals surface area contributed by atoms with Gasteiger partial charge in [0.25, 0.3) is 10.2 Å². The van der Waals surface area contributed by atoms with E-state index < -0.39 is 16.3 Å². The Morgan fingerprint density at radius 3 is 2.25 bits per heavy atom. The zero-order chi connectivity index (χ0) is 14.6. The maximum Gasteiger partial charge on any atom is 0.282 e. The van der Waals surface area contributed by atoms with Gasteiger partial charge in [0.05, 0.1) is 6.10 Å². The average Bonchev–Trinajstić information content (AvgIpc) is 2.67. The Balaban J connectivity index is 2.11. The van der Waals surface area contributed by atoms with Gasteiger partial charge < -0.3 is 5.11 Å². The first-order valence-electron chi connectivity index (χ1n) is 7.97. The molecule has 0 aromatic rings. The smallest absolute Gasteiger partial charge is 0.282 e. The highest BCUT2D eigenvalue weighted by molar-refractivity contribution is 7.86. The van der Waals surface area contributed by atoms with Gasteiger partial charge in [-0.15, -0.1) is 0 Å². The molecule has 2 unspecified atom stereocenters. The highest BCUT2D eigenvalue weighted by Gasteiger charge is 2.36. The van der Waals surface area contributed by atoms with E-state index in [1.54, 1.807) is 15.5 Å². The van der Waals surface area contributed by atoms with Crippen molar-refractivity contribution in [3.63, 3.8) is 0 Å². The summed E-state index contributed by atoms with van der Waals surface area (Å²) in [5.74, 6) is 0. The fourth-order valence-corrected chi connectivity index (χ4v) is 5.27. The topological polar surface area (TPSA) is 60.9 Å². The molecule has 2 aliphatic heterocycles. The normalized spacial score (nSPS) is 29.0. The molecule has 2 aliphatic rings. The van der Waals surface area contributed by atoms with Gasteiger partial charge in [-0.25, -0.2) is 0 Å². The van der Waals surface area contributed by atoms with E-state index in [0.29, 0.717) is 26.1 Å². The predicted octanol–water partition coefficient (Wildman–Crippen LogP) is 1.73. The summed E-state index contributed by atoms with van der Waals surface area (Å²) >= 11 is 0. The van der Waals surface area contributed by atoms with Crippen molar-refractivity contribution in [2.75, 3.05) is 19.6 Å². The monoisotopic (exact) mass is 304 g/mol. The van der Waals surface area contributed by atoms with Crippen molar-refractivity contribution in [3.8, 4) is 0 Å². The van der Waals surface area contributed by atoms with Crippen LogP contribution in [0, 0.1) is 0 Å². The second-order valence-electron chi connectivity index (χ2n) is 6.17. The van der Waals surface area contributed by atoms with Gasteiger partial charge in [-0.2, -0.15) is 17.0 Å². The number of hydrogen-bond donors (Lipinski definition) is 1. The highest BCUT2D eigenvalue weighted by atomic mass is 32.2. The minimum absolute atomic E-state index is 0.0306. The van der Waals surface area contributed by atoms with Crippen LogP contribution >= 0.6 is 0 Å². The third-order valence-electron chi connectivity index (χ3n) is 4.37. The minimum atomic E-state index is -3.35. The predicted molar refractivity (Wildman–Crippen MR) is 79.6 cm³/mol. The van der Waals surface area contributed by atoms with Crippen LogP contribution in [0.15, 0.2) is 0 Å². The molecule has 118 valence electrons. The lowest BCUT2D eigenvalue weighted by Crippen LogP contribution is -2.51. The van der Waals surface area contributed by atoms with Crippen LogP contribution in [0.1, 0.15) is 58.3 Å². The van der Waals surface area contributed by atoms with Crippen molar-refractivity contribution >= 4 is 10.2 Å². The van der Waals surface area contributed by atoms with Gasteiger partial charge in [-0.05, 0) is 39.0 Å². The summed E-state index contributed by atoms with van der Waals surface area (Å²) in [6.07, 6.45) is 7.16. The fraction of sp³-hybridized carbons (Fsp3) is 1.00. The van der Waals surface area contributed by atoms with Crippen LogP contribution in [0.5, 0.6) is 0 Å². The number of rotatable bonds is 4. The molecule has 0 aromatic carbocycles. The molecule has 6 heteroatoms. The molecule has 5 nitrogen and oxygen atoms in total. The van der Waals surface area contributed by atoms with Crippen molar-refractivity contribution in [2.24, 2.45) is 0 Å². The van der Waals surface area contributed by atoms with Crippen molar-refractivity contribution in [1.82, 2.24) is 8.61 Å². The van der Waals surface area contributed by atoms with Gasteiger partial charge in [0.1, 0.15) is 0 Å². The summed E-state index contributed by atoms with van der Waals surface area (Å²) in [7, 11) is -3.35. The summed E-state index contributed by atoms with van der Waals surface area (Å²) in [5.41, 5.74) is 0. The third kappa shape index (κ3) is 3.93. The molecular weight excluding hydrogens is 276 g/mol. The van der Waals surface area contributed by atoms with E-state index in [0.717, 1.165) is 44.9 Å².